The Balaban J connectivity index is 1.89. The van der Waals surface area contributed by atoms with E-state index in [1.54, 1.807) is 47.3 Å². The molecule has 7 nitrogen and oxygen atoms in total. The number of nitrogens with zero attached hydrogens (tertiary/aromatic N) is 5. The van der Waals surface area contributed by atoms with E-state index >= 15 is 0 Å². The van der Waals surface area contributed by atoms with Crippen LogP contribution in [0.3, 0.4) is 0 Å². The number of aromatic nitrogens is 3. The lowest BCUT2D eigenvalue weighted by molar-refractivity contribution is -0.130. The van der Waals surface area contributed by atoms with Gasteiger partial charge in [0.05, 0.1) is 23.1 Å². The van der Waals surface area contributed by atoms with Crippen LogP contribution in [0.4, 0.5) is 0 Å². The maximum absolute atomic E-state index is 12.9. The molecule has 154 valence electrons. The van der Waals surface area contributed by atoms with Crippen molar-refractivity contribution in [1.82, 2.24) is 24.3 Å². The van der Waals surface area contributed by atoms with Gasteiger partial charge < -0.3 is 14.4 Å². The number of para-hydroxylation sites is 2. The van der Waals surface area contributed by atoms with Crippen LogP contribution in [0, 0.1) is 0 Å². The van der Waals surface area contributed by atoms with Crippen molar-refractivity contribution < 1.29 is 9.59 Å². The molecule has 30 heavy (non-hydrogen) atoms. The van der Waals surface area contributed by atoms with Crippen molar-refractivity contribution in [1.29, 1.82) is 0 Å². The molecule has 0 aliphatic carbocycles. The summed E-state index contributed by atoms with van der Waals surface area (Å²) in [5.41, 5.74) is 2.13. The topological polar surface area (TPSA) is 71.3 Å². The van der Waals surface area contributed by atoms with Gasteiger partial charge >= 0.3 is 0 Å². The zero-order valence-corrected chi connectivity index (χ0v) is 17.1. The monoisotopic (exact) mass is 403 g/mol. The Bertz CT molecular complexity index is 1050. The minimum absolute atomic E-state index is 0.0690. The summed E-state index contributed by atoms with van der Waals surface area (Å²) < 4.78 is 1.86. The van der Waals surface area contributed by atoms with Crippen molar-refractivity contribution >= 4 is 22.8 Å². The summed E-state index contributed by atoms with van der Waals surface area (Å²) in [5.74, 6) is 0.412. The van der Waals surface area contributed by atoms with E-state index in [0.717, 1.165) is 11.0 Å². The van der Waals surface area contributed by atoms with Crippen LogP contribution in [0.2, 0.25) is 0 Å². The van der Waals surface area contributed by atoms with Gasteiger partial charge in [-0.25, -0.2) is 4.98 Å². The molecule has 0 bridgehead atoms. The highest BCUT2D eigenvalue weighted by molar-refractivity contribution is 5.93. The van der Waals surface area contributed by atoms with E-state index in [2.05, 4.69) is 23.1 Å². The molecule has 2 aromatic heterocycles. The molecule has 0 spiro atoms. The second-order valence-electron chi connectivity index (χ2n) is 6.88. The van der Waals surface area contributed by atoms with Crippen LogP contribution < -0.4 is 0 Å². The van der Waals surface area contributed by atoms with E-state index in [1.165, 1.54) is 6.20 Å². The number of carbonyl (C=O) groups is 2. The fourth-order valence-corrected chi connectivity index (χ4v) is 3.24. The number of pyridine rings is 1. The van der Waals surface area contributed by atoms with E-state index in [-0.39, 0.29) is 24.9 Å². The van der Waals surface area contributed by atoms with Gasteiger partial charge in [0.15, 0.2) is 0 Å². The quantitative estimate of drug-likeness (QED) is 0.515. The number of fused-ring (bicyclic) bond motifs is 1. The zero-order valence-electron chi connectivity index (χ0n) is 17.1. The van der Waals surface area contributed by atoms with Gasteiger partial charge in [0.2, 0.25) is 5.91 Å². The van der Waals surface area contributed by atoms with E-state index in [0.29, 0.717) is 24.5 Å². The minimum atomic E-state index is -0.159. The van der Waals surface area contributed by atoms with Gasteiger partial charge in [-0.1, -0.05) is 24.3 Å². The molecule has 0 aliphatic heterocycles. The van der Waals surface area contributed by atoms with Crippen molar-refractivity contribution in [3.05, 3.63) is 85.5 Å². The number of hydrogen-bond acceptors (Lipinski definition) is 4. The summed E-state index contributed by atoms with van der Waals surface area (Å²) in [5, 5.41) is 0. The number of amides is 2. The molecule has 0 saturated heterocycles. The average molecular weight is 403 g/mol. The van der Waals surface area contributed by atoms with Crippen LogP contribution in [-0.2, 0) is 17.9 Å². The molecule has 0 radical (unpaired) electrons. The third-order valence-electron chi connectivity index (χ3n) is 4.71. The van der Waals surface area contributed by atoms with Crippen LogP contribution in [0.25, 0.3) is 11.0 Å². The molecule has 1 aromatic carbocycles. The predicted octanol–water partition coefficient (Wildman–Crippen LogP) is 2.90. The maximum atomic E-state index is 12.9. The van der Waals surface area contributed by atoms with Crippen LogP contribution in [0.1, 0.15) is 16.2 Å². The van der Waals surface area contributed by atoms with Crippen molar-refractivity contribution in [3.63, 3.8) is 0 Å². The Labute approximate surface area is 176 Å². The average Bonchev–Trinajstić information content (AvgIpc) is 3.10. The van der Waals surface area contributed by atoms with Gasteiger partial charge in [0.25, 0.3) is 5.91 Å². The molecule has 0 aliphatic rings. The first kappa shape index (κ1) is 21.0. The van der Waals surface area contributed by atoms with Gasteiger partial charge in [-0.2, -0.15) is 0 Å². The molecule has 0 unspecified atom stereocenters. The van der Waals surface area contributed by atoms with Gasteiger partial charge in [-0.05, 0) is 24.3 Å². The lowest BCUT2D eigenvalue weighted by Gasteiger charge is -2.22. The van der Waals surface area contributed by atoms with E-state index in [4.69, 9.17) is 0 Å². The molecule has 0 N–H and O–H groups in total. The van der Waals surface area contributed by atoms with Gasteiger partial charge in [-0.3, -0.25) is 14.6 Å². The summed E-state index contributed by atoms with van der Waals surface area (Å²) in [6.45, 7) is 8.69. The van der Waals surface area contributed by atoms with Crippen LogP contribution >= 0.6 is 0 Å². The molecule has 3 rings (SSSR count). The standard InChI is InChI=1S/C23H25N5O2/c1-4-13-27(14-5-2)22(29)17-28-20-11-7-6-10-19(20)25-21(28)16-26(3)23(30)18-9-8-12-24-15-18/h4-12,15H,1-2,13-14,16-17H2,3H3. The summed E-state index contributed by atoms with van der Waals surface area (Å²) in [7, 11) is 1.71. The fourth-order valence-electron chi connectivity index (χ4n) is 3.24. The normalized spacial score (nSPS) is 10.6. The Hall–Kier alpha value is -3.74. The molecular weight excluding hydrogens is 378 g/mol. The Morgan fingerprint density at radius 1 is 1.10 bits per heavy atom. The number of benzene rings is 1. The second-order valence-corrected chi connectivity index (χ2v) is 6.88. The second kappa shape index (κ2) is 9.65. The molecule has 2 heterocycles. The lowest BCUT2D eigenvalue weighted by Crippen LogP contribution is -2.35. The fraction of sp³-hybridized carbons (Fsp3) is 0.217. The maximum Gasteiger partial charge on any atom is 0.255 e. The highest BCUT2D eigenvalue weighted by Gasteiger charge is 2.20. The molecule has 7 heteroatoms. The molecule has 0 saturated carbocycles. The highest BCUT2D eigenvalue weighted by atomic mass is 16.2. The molecule has 2 amide bonds. The third kappa shape index (κ3) is 4.63. The Morgan fingerprint density at radius 3 is 2.50 bits per heavy atom. The molecule has 3 aromatic rings. The van der Waals surface area contributed by atoms with Crippen LogP contribution in [0.5, 0.6) is 0 Å². The number of rotatable bonds is 9. The molecule has 0 fully saturated rings. The van der Waals surface area contributed by atoms with Crippen molar-refractivity contribution in [3.8, 4) is 0 Å². The SMILES string of the molecule is C=CCN(CC=C)C(=O)Cn1c(CN(C)C(=O)c2cccnc2)nc2ccccc21. The summed E-state index contributed by atoms with van der Waals surface area (Å²) in [6, 6.07) is 11.1. The van der Waals surface area contributed by atoms with Crippen molar-refractivity contribution in [2.45, 2.75) is 13.1 Å². The first-order chi connectivity index (χ1) is 14.5. The van der Waals surface area contributed by atoms with Crippen LogP contribution in [0.15, 0.2) is 74.1 Å². The summed E-state index contributed by atoms with van der Waals surface area (Å²) >= 11 is 0. The van der Waals surface area contributed by atoms with Gasteiger partial charge in [0, 0.05) is 32.5 Å². The van der Waals surface area contributed by atoms with Gasteiger partial charge in [-0.15, -0.1) is 13.2 Å². The predicted molar refractivity (Wildman–Crippen MR) is 117 cm³/mol. The number of carbonyl (C=O) groups excluding carboxylic acids is 2. The van der Waals surface area contributed by atoms with Crippen LogP contribution in [-0.4, -0.2) is 56.3 Å². The zero-order chi connectivity index (χ0) is 21.5. The third-order valence-corrected chi connectivity index (χ3v) is 4.71. The van der Waals surface area contributed by atoms with E-state index in [1.807, 2.05) is 28.8 Å². The van der Waals surface area contributed by atoms with Crippen molar-refractivity contribution in [2.24, 2.45) is 0 Å². The molecular formula is C23H25N5O2. The Kier molecular flexibility index (Phi) is 6.75. The van der Waals surface area contributed by atoms with E-state index in [9.17, 15) is 9.59 Å². The first-order valence-electron chi connectivity index (χ1n) is 9.64. The van der Waals surface area contributed by atoms with Crippen molar-refractivity contribution in [2.75, 3.05) is 20.1 Å². The Morgan fingerprint density at radius 2 is 1.83 bits per heavy atom. The lowest BCUT2D eigenvalue weighted by atomic mass is 10.2. The summed E-state index contributed by atoms with van der Waals surface area (Å²) in [4.78, 5) is 37.6. The van der Waals surface area contributed by atoms with Gasteiger partial charge in [0.1, 0.15) is 12.4 Å². The highest BCUT2D eigenvalue weighted by Crippen LogP contribution is 2.18. The minimum Gasteiger partial charge on any atom is -0.334 e. The number of hydrogen-bond donors (Lipinski definition) is 0. The molecule has 0 atom stereocenters. The number of imidazole rings is 1. The van der Waals surface area contributed by atoms with E-state index < -0.39 is 0 Å². The largest absolute Gasteiger partial charge is 0.334 e. The summed E-state index contributed by atoms with van der Waals surface area (Å²) in [6.07, 6.45) is 6.54. The first-order valence-corrected chi connectivity index (χ1v) is 9.64. The smallest absolute Gasteiger partial charge is 0.255 e.